The van der Waals surface area contributed by atoms with Gasteiger partial charge in [-0.2, -0.15) is 0 Å². The topological polar surface area (TPSA) is 55.1 Å². The van der Waals surface area contributed by atoms with Crippen LogP contribution in [0.25, 0.3) is 0 Å². The molecular formula is C4H10N2O. The molecule has 3 heteroatoms. The van der Waals surface area contributed by atoms with Crippen molar-refractivity contribution in [2.24, 2.45) is 5.73 Å². The van der Waals surface area contributed by atoms with Crippen LogP contribution in [0.1, 0.15) is 8.29 Å². The maximum Gasteiger partial charge on any atom is 0.234 e. The Balaban J connectivity index is 3.32. The fourth-order valence-electron chi connectivity index (χ4n) is 0.101. The monoisotopic (exact) mass is 103 g/mol. The molecule has 3 N–H and O–H groups in total. The van der Waals surface area contributed by atoms with Crippen molar-refractivity contribution in [3.8, 4) is 0 Å². The fraction of sp³-hybridized carbons (Fsp3) is 0.750. The van der Waals surface area contributed by atoms with Gasteiger partial charge in [-0.1, -0.05) is 0 Å². The highest BCUT2D eigenvalue weighted by Crippen LogP contribution is 1.71. The molecule has 0 bridgehead atoms. The van der Waals surface area contributed by atoms with Gasteiger partial charge in [-0.15, -0.1) is 0 Å². The number of carbonyl (C=O) groups is 1. The van der Waals surface area contributed by atoms with Crippen LogP contribution in [-0.2, 0) is 4.79 Å². The van der Waals surface area contributed by atoms with Crippen molar-refractivity contribution in [2.45, 2.75) is 13.0 Å². The van der Waals surface area contributed by atoms with Crippen molar-refractivity contribution in [3.63, 3.8) is 0 Å². The summed E-state index contributed by atoms with van der Waals surface area (Å²) in [5, 5.41) is 2.54. The minimum absolute atomic E-state index is 0.0319. The Morgan fingerprint density at radius 3 is 2.86 bits per heavy atom. The second-order valence-corrected chi connectivity index (χ2v) is 1.33. The summed E-state index contributed by atoms with van der Waals surface area (Å²) >= 11 is 0. The molecule has 0 aromatic carbocycles. The smallest absolute Gasteiger partial charge is 0.234 e. The Kier molecular flexibility index (Phi) is 1.69. The first kappa shape index (κ1) is 4.59. The second-order valence-electron chi connectivity index (χ2n) is 1.33. The molecule has 0 aromatic heterocycles. The third-order valence-corrected chi connectivity index (χ3v) is 0.733. The Bertz CT molecular complexity index is 86.1. The van der Waals surface area contributed by atoms with E-state index in [1.807, 2.05) is 0 Å². The van der Waals surface area contributed by atoms with Gasteiger partial charge in [-0.05, 0) is 13.9 Å². The van der Waals surface area contributed by atoms with Gasteiger partial charge >= 0.3 is 0 Å². The lowest BCUT2D eigenvalue weighted by atomic mass is 10.3. The molecular weight excluding hydrogens is 92.1 g/mol. The molecule has 0 aromatic rings. The van der Waals surface area contributed by atoms with Crippen molar-refractivity contribution in [2.75, 3.05) is 7.02 Å². The van der Waals surface area contributed by atoms with Gasteiger partial charge in [0.2, 0.25) is 5.91 Å². The highest BCUT2D eigenvalue weighted by atomic mass is 16.1. The van der Waals surface area contributed by atoms with Gasteiger partial charge in [0.05, 0.1) is 6.04 Å². The van der Waals surface area contributed by atoms with Gasteiger partial charge in [0.1, 0.15) is 0 Å². The van der Waals surface area contributed by atoms with E-state index in [0.717, 1.165) is 0 Å². The molecule has 0 radical (unpaired) electrons. The number of amides is 1. The van der Waals surface area contributed by atoms with Gasteiger partial charge in [-0.25, -0.2) is 0 Å². The summed E-state index contributed by atoms with van der Waals surface area (Å²) in [6, 6.07) is -0.382. The number of carbonyl (C=O) groups excluding carboxylic acids is 1. The van der Waals surface area contributed by atoms with E-state index >= 15 is 0 Å². The van der Waals surface area contributed by atoms with Crippen LogP contribution in [0.15, 0.2) is 0 Å². The van der Waals surface area contributed by atoms with E-state index in [4.69, 9.17) is 7.10 Å². The van der Waals surface area contributed by atoms with Crippen molar-refractivity contribution >= 4 is 5.91 Å². The summed E-state index contributed by atoms with van der Waals surface area (Å²) in [7, 11) is 0.0319. The summed E-state index contributed by atoms with van der Waals surface area (Å²) in [4.78, 5) is 10.2. The molecule has 0 aliphatic carbocycles. The number of nitrogens with two attached hydrogens (primary N) is 1. The Labute approximate surface area is 44.3 Å². The highest BCUT2D eigenvalue weighted by molar-refractivity contribution is 5.79. The minimum Gasteiger partial charge on any atom is -0.368 e. The van der Waals surface area contributed by atoms with Crippen molar-refractivity contribution in [3.05, 3.63) is 0 Å². The first-order valence-corrected chi connectivity index (χ1v) is 2.00. The predicted molar refractivity (Wildman–Crippen MR) is 27.7 cm³/mol. The average Bonchev–Trinajstić information content (AvgIpc) is 1.67. The summed E-state index contributed by atoms with van der Waals surface area (Å²) in [6.45, 7) is 1.62. The molecule has 0 aliphatic heterocycles. The van der Waals surface area contributed by atoms with Gasteiger partial charge in [0.25, 0.3) is 0 Å². The van der Waals surface area contributed by atoms with E-state index in [2.05, 4.69) is 5.32 Å². The third-order valence-electron chi connectivity index (χ3n) is 0.733. The van der Waals surface area contributed by atoms with Crippen LogP contribution < -0.4 is 11.1 Å². The molecule has 0 spiro atoms. The standard InChI is InChI=1S/C4H10N2O/c1-3(6-2)4(5)7/h3,6H,1-2H3,(H2,5,7)/t3-/m0/s1/i2D. The van der Waals surface area contributed by atoms with E-state index in [1.165, 1.54) is 0 Å². The van der Waals surface area contributed by atoms with E-state index in [0.29, 0.717) is 0 Å². The molecule has 42 valence electrons. The quantitative estimate of drug-likeness (QED) is 0.475. The van der Waals surface area contributed by atoms with Crippen molar-refractivity contribution in [1.29, 1.82) is 0 Å². The molecule has 0 unspecified atom stereocenters. The molecule has 0 heterocycles. The molecule has 0 saturated carbocycles. The lowest BCUT2D eigenvalue weighted by molar-refractivity contribution is -0.119. The molecule has 3 nitrogen and oxygen atoms in total. The van der Waals surface area contributed by atoms with Gasteiger partial charge < -0.3 is 11.1 Å². The molecule has 7 heavy (non-hydrogen) atoms. The van der Waals surface area contributed by atoms with E-state index in [9.17, 15) is 4.79 Å². The maximum absolute atomic E-state index is 10.2. The Hall–Kier alpha value is -0.570. The average molecular weight is 103 g/mol. The number of hydrogen-bond acceptors (Lipinski definition) is 2. The Morgan fingerprint density at radius 1 is 2.14 bits per heavy atom. The lowest BCUT2D eigenvalue weighted by Crippen LogP contribution is -2.36. The molecule has 0 fully saturated rings. The van der Waals surface area contributed by atoms with Gasteiger partial charge in [0, 0.05) is 1.37 Å². The number of nitrogens with one attached hydrogen (secondary N) is 1. The number of primary amides is 1. The first-order chi connectivity index (χ1) is 3.68. The predicted octanol–water partition coefficient (Wildman–Crippen LogP) is -0.920. The highest BCUT2D eigenvalue weighted by Gasteiger charge is 2.01. The fourth-order valence-corrected chi connectivity index (χ4v) is 0.101. The van der Waals surface area contributed by atoms with Crippen LogP contribution in [0.2, 0.25) is 0 Å². The third kappa shape index (κ3) is 2.17. The normalized spacial score (nSPS) is 15.3. The summed E-state index contributed by atoms with van der Waals surface area (Å²) in [5.41, 5.74) is 4.84. The summed E-state index contributed by atoms with van der Waals surface area (Å²) < 4.78 is 6.61. The molecule has 0 aliphatic rings. The van der Waals surface area contributed by atoms with Crippen LogP contribution in [0.3, 0.4) is 0 Å². The van der Waals surface area contributed by atoms with Crippen LogP contribution >= 0.6 is 0 Å². The molecule has 1 atom stereocenters. The van der Waals surface area contributed by atoms with Crippen LogP contribution in [-0.4, -0.2) is 19.0 Å². The van der Waals surface area contributed by atoms with Gasteiger partial charge in [0.15, 0.2) is 0 Å². The van der Waals surface area contributed by atoms with E-state index in [1.54, 1.807) is 6.92 Å². The molecule has 0 saturated heterocycles. The van der Waals surface area contributed by atoms with Crippen LogP contribution in [0.5, 0.6) is 0 Å². The minimum atomic E-state index is -0.419. The van der Waals surface area contributed by atoms with Crippen LogP contribution in [0, 0.1) is 0 Å². The van der Waals surface area contributed by atoms with Crippen molar-refractivity contribution < 1.29 is 6.17 Å². The lowest BCUT2D eigenvalue weighted by Gasteiger charge is -2.01. The summed E-state index contributed by atoms with van der Waals surface area (Å²) in [5.74, 6) is -0.419. The largest absolute Gasteiger partial charge is 0.368 e. The summed E-state index contributed by atoms with van der Waals surface area (Å²) in [6.07, 6.45) is 0. The number of likely N-dealkylation sites (N-methyl/N-ethyl adjacent to an activating group) is 1. The zero-order chi connectivity index (χ0) is 6.57. The first-order valence-electron chi connectivity index (χ1n) is 2.71. The van der Waals surface area contributed by atoms with Crippen molar-refractivity contribution in [1.82, 2.24) is 5.32 Å². The molecule has 0 rings (SSSR count). The zero-order valence-corrected chi connectivity index (χ0v) is 4.27. The SMILES string of the molecule is [2H]CN[C@@H](C)C(N)=O. The zero-order valence-electron chi connectivity index (χ0n) is 5.27. The Morgan fingerprint density at radius 2 is 2.71 bits per heavy atom. The van der Waals surface area contributed by atoms with E-state index in [-0.39, 0.29) is 13.1 Å². The van der Waals surface area contributed by atoms with Gasteiger partial charge in [-0.3, -0.25) is 4.79 Å². The maximum atomic E-state index is 10.2. The second kappa shape index (κ2) is 2.58. The van der Waals surface area contributed by atoms with Crippen LogP contribution in [0.4, 0.5) is 0 Å². The number of rotatable bonds is 2. The van der Waals surface area contributed by atoms with E-state index < -0.39 is 5.91 Å². The molecule has 1 amide bonds. The number of hydrogen-bond donors (Lipinski definition) is 2.